The summed E-state index contributed by atoms with van der Waals surface area (Å²) in [5, 5.41) is 2.50. The van der Waals surface area contributed by atoms with E-state index in [1.807, 2.05) is 0 Å². The van der Waals surface area contributed by atoms with E-state index in [4.69, 9.17) is 0 Å². The SMILES string of the molecule is c1ccc(N(c2ccccc2)c2cc3c(c(N(c4ccccc4)c4ccccc4)c2)C2(c4ccccc4-c4ccccc42)c2ccc4ccccc4c2-3)cc1. The second-order valence-electron chi connectivity index (χ2n) is 14.5. The summed E-state index contributed by atoms with van der Waals surface area (Å²) in [6.07, 6.45) is 0. The Bertz CT molecular complexity index is 2740. The fourth-order valence-corrected chi connectivity index (χ4v) is 9.49. The van der Waals surface area contributed by atoms with Crippen LogP contribution in [0.1, 0.15) is 22.3 Å². The number of anilines is 6. The van der Waals surface area contributed by atoms with Crippen LogP contribution in [0.15, 0.2) is 218 Å². The molecular formula is C53H36N2. The molecule has 9 aromatic rings. The van der Waals surface area contributed by atoms with Gasteiger partial charge >= 0.3 is 0 Å². The van der Waals surface area contributed by atoms with Crippen LogP contribution in [0.2, 0.25) is 0 Å². The van der Waals surface area contributed by atoms with Crippen molar-refractivity contribution in [3.8, 4) is 22.3 Å². The predicted octanol–water partition coefficient (Wildman–Crippen LogP) is 14.1. The smallest absolute Gasteiger partial charge is 0.0746 e. The number of hydrogen-bond donors (Lipinski definition) is 0. The molecular weight excluding hydrogens is 665 g/mol. The first-order chi connectivity index (χ1) is 27.3. The largest absolute Gasteiger partial charge is 0.310 e. The Morgan fingerprint density at radius 1 is 0.309 bits per heavy atom. The third kappa shape index (κ3) is 4.62. The Hall–Kier alpha value is -7.16. The minimum atomic E-state index is -0.568. The summed E-state index contributed by atoms with van der Waals surface area (Å²) in [5.74, 6) is 0. The minimum Gasteiger partial charge on any atom is -0.310 e. The number of hydrogen-bond acceptors (Lipinski definition) is 2. The average molecular weight is 701 g/mol. The van der Waals surface area contributed by atoms with Gasteiger partial charge in [-0.1, -0.05) is 158 Å². The Kier molecular flexibility index (Phi) is 7.11. The van der Waals surface area contributed by atoms with E-state index in [0.717, 1.165) is 34.1 Å². The van der Waals surface area contributed by atoms with E-state index in [2.05, 4.69) is 228 Å². The molecule has 1 spiro atoms. The van der Waals surface area contributed by atoms with E-state index in [1.54, 1.807) is 0 Å². The van der Waals surface area contributed by atoms with Crippen LogP contribution < -0.4 is 9.80 Å². The number of nitrogens with zero attached hydrogens (tertiary/aromatic N) is 2. The van der Waals surface area contributed by atoms with Gasteiger partial charge < -0.3 is 9.80 Å². The van der Waals surface area contributed by atoms with E-state index < -0.39 is 5.41 Å². The molecule has 55 heavy (non-hydrogen) atoms. The molecule has 0 bridgehead atoms. The maximum atomic E-state index is 2.48. The maximum Gasteiger partial charge on any atom is 0.0746 e. The fraction of sp³-hybridized carbons (Fsp3) is 0.0189. The molecule has 2 nitrogen and oxygen atoms in total. The molecule has 2 aliphatic rings. The second kappa shape index (κ2) is 12.5. The summed E-state index contributed by atoms with van der Waals surface area (Å²) in [5.41, 5.74) is 16.5. The highest BCUT2D eigenvalue weighted by molar-refractivity contribution is 6.09. The lowest BCUT2D eigenvalue weighted by atomic mass is 9.69. The van der Waals surface area contributed by atoms with Crippen molar-refractivity contribution < 1.29 is 0 Å². The molecule has 258 valence electrons. The van der Waals surface area contributed by atoms with Crippen LogP contribution >= 0.6 is 0 Å². The van der Waals surface area contributed by atoms with Crippen molar-refractivity contribution in [3.05, 3.63) is 241 Å². The first-order valence-electron chi connectivity index (χ1n) is 19.0. The van der Waals surface area contributed by atoms with Crippen LogP contribution in [0.3, 0.4) is 0 Å². The number of fused-ring (bicyclic) bond motifs is 12. The van der Waals surface area contributed by atoms with Gasteiger partial charge in [0.15, 0.2) is 0 Å². The van der Waals surface area contributed by atoms with Crippen molar-refractivity contribution in [1.29, 1.82) is 0 Å². The van der Waals surface area contributed by atoms with Crippen molar-refractivity contribution in [2.45, 2.75) is 5.41 Å². The number of benzene rings is 9. The Morgan fingerprint density at radius 3 is 1.31 bits per heavy atom. The molecule has 2 aliphatic carbocycles. The first kappa shape index (κ1) is 31.4. The van der Waals surface area contributed by atoms with Gasteiger partial charge in [0.2, 0.25) is 0 Å². The molecule has 2 heteroatoms. The quantitative estimate of drug-likeness (QED) is 0.170. The topological polar surface area (TPSA) is 6.48 Å². The lowest BCUT2D eigenvalue weighted by Crippen LogP contribution is -2.28. The normalized spacial score (nSPS) is 12.9. The van der Waals surface area contributed by atoms with Gasteiger partial charge in [0, 0.05) is 34.0 Å². The zero-order valence-corrected chi connectivity index (χ0v) is 30.2. The zero-order valence-electron chi connectivity index (χ0n) is 30.2. The van der Waals surface area contributed by atoms with E-state index in [0.29, 0.717) is 0 Å². The third-order valence-electron chi connectivity index (χ3n) is 11.6. The third-order valence-corrected chi connectivity index (χ3v) is 11.6. The van der Waals surface area contributed by atoms with Gasteiger partial charge in [0.1, 0.15) is 0 Å². The van der Waals surface area contributed by atoms with Crippen molar-refractivity contribution >= 4 is 44.9 Å². The summed E-state index contributed by atoms with van der Waals surface area (Å²) in [4.78, 5) is 4.89. The Balaban J connectivity index is 1.36. The number of para-hydroxylation sites is 4. The van der Waals surface area contributed by atoms with Gasteiger partial charge in [-0.05, 0) is 110 Å². The molecule has 0 N–H and O–H groups in total. The van der Waals surface area contributed by atoms with E-state index in [-0.39, 0.29) is 0 Å². The summed E-state index contributed by atoms with van der Waals surface area (Å²) in [6.45, 7) is 0. The van der Waals surface area contributed by atoms with Crippen molar-refractivity contribution in [1.82, 2.24) is 0 Å². The number of rotatable bonds is 6. The van der Waals surface area contributed by atoms with Crippen molar-refractivity contribution in [2.24, 2.45) is 0 Å². The summed E-state index contributed by atoms with van der Waals surface area (Å²) in [7, 11) is 0. The van der Waals surface area contributed by atoms with Crippen LogP contribution in [0.4, 0.5) is 34.1 Å². The maximum absolute atomic E-state index is 2.48. The molecule has 0 fully saturated rings. The molecule has 0 amide bonds. The van der Waals surface area contributed by atoms with Crippen molar-refractivity contribution in [2.75, 3.05) is 9.80 Å². The highest BCUT2D eigenvalue weighted by Gasteiger charge is 2.54. The molecule has 0 atom stereocenters. The van der Waals surface area contributed by atoms with Crippen LogP contribution in [-0.2, 0) is 5.41 Å². The Morgan fingerprint density at radius 2 is 0.764 bits per heavy atom. The van der Waals surface area contributed by atoms with Gasteiger partial charge in [-0.25, -0.2) is 0 Å². The molecule has 0 heterocycles. The molecule has 9 aromatic carbocycles. The molecule has 0 aliphatic heterocycles. The lowest BCUT2D eigenvalue weighted by molar-refractivity contribution is 0.793. The molecule has 0 saturated carbocycles. The molecule has 0 saturated heterocycles. The van der Waals surface area contributed by atoms with Crippen LogP contribution in [0.25, 0.3) is 33.0 Å². The monoisotopic (exact) mass is 700 g/mol. The van der Waals surface area contributed by atoms with E-state index in [1.165, 1.54) is 55.3 Å². The minimum absolute atomic E-state index is 0.568. The lowest BCUT2D eigenvalue weighted by Gasteiger charge is -2.37. The summed E-state index contributed by atoms with van der Waals surface area (Å²) < 4.78 is 0. The van der Waals surface area contributed by atoms with Gasteiger partial charge in [0.05, 0.1) is 11.1 Å². The second-order valence-corrected chi connectivity index (χ2v) is 14.5. The van der Waals surface area contributed by atoms with Gasteiger partial charge in [0.25, 0.3) is 0 Å². The van der Waals surface area contributed by atoms with Gasteiger partial charge in [-0.3, -0.25) is 0 Å². The highest BCUT2D eigenvalue weighted by atomic mass is 15.2. The van der Waals surface area contributed by atoms with Crippen LogP contribution in [0.5, 0.6) is 0 Å². The molecule has 0 unspecified atom stereocenters. The van der Waals surface area contributed by atoms with Gasteiger partial charge in [-0.15, -0.1) is 0 Å². The van der Waals surface area contributed by atoms with Crippen molar-refractivity contribution in [3.63, 3.8) is 0 Å². The predicted molar refractivity (Wildman–Crippen MR) is 230 cm³/mol. The first-order valence-corrected chi connectivity index (χ1v) is 19.0. The highest BCUT2D eigenvalue weighted by Crippen LogP contribution is 2.67. The van der Waals surface area contributed by atoms with E-state index >= 15 is 0 Å². The van der Waals surface area contributed by atoms with Crippen LogP contribution in [0, 0.1) is 0 Å². The fourth-order valence-electron chi connectivity index (χ4n) is 9.49. The summed E-state index contributed by atoms with van der Waals surface area (Å²) in [6, 6.07) is 80.0. The Labute approximate surface area is 321 Å². The van der Waals surface area contributed by atoms with E-state index in [9.17, 15) is 0 Å². The molecule has 11 rings (SSSR count). The molecule has 0 radical (unpaired) electrons. The van der Waals surface area contributed by atoms with Crippen LogP contribution in [-0.4, -0.2) is 0 Å². The standard InChI is InChI=1S/C53H36N2/c1-5-20-38(21-6-1)54(39-22-7-2-8-23-39)42-35-46-51-43-28-14-13-19-37(43)33-34-49(51)53(47-31-17-15-29-44(47)45-30-16-18-32-48(45)53)52(46)50(36-42)55(40-24-9-3-10-25-40)41-26-11-4-12-27-41/h1-36H. The van der Waals surface area contributed by atoms with Gasteiger partial charge in [-0.2, -0.15) is 0 Å². The zero-order chi connectivity index (χ0) is 36.3. The average Bonchev–Trinajstić information content (AvgIpc) is 3.73. The summed E-state index contributed by atoms with van der Waals surface area (Å²) >= 11 is 0. The molecule has 0 aromatic heterocycles.